The highest BCUT2D eigenvalue weighted by Gasteiger charge is 2.18. The Bertz CT molecular complexity index is 811. The molecular formula is C15H16ClNO4S. The maximum Gasteiger partial charge on any atom is 0.251 e. The molecule has 1 aromatic heterocycles. The summed E-state index contributed by atoms with van der Waals surface area (Å²) in [5.74, 6) is 0.980. The van der Waals surface area contributed by atoms with Crippen LogP contribution in [-0.2, 0) is 9.84 Å². The Morgan fingerprint density at radius 2 is 1.95 bits per heavy atom. The van der Waals surface area contributed by atoms with Crippen LogP contribution in [0.15, 0.2) is 39.6 Å². The summed E-state index contributed by atoms with van der Waals surface area (Å²) < 4.78 is 28.7. The molecule has 1 aromatic carbocycles. The van der Waals surface area contributed by atoms with Crippen molar-refractivity contribution in [3.8, 4) is 0 Å². The first kappa shape index (κ1) is 16.6. The summed E-state index contributed by atoms with van der Waals surface area (Å²) >= 11 is 5.86. The van der Waals surface area contributed by atoms with E-state index in [0.717, 1.165) is 12.0 Å². The number of furan rings is 1. The molecule has 0 aliphatic heterocycles. The van der Waals surface area contributed by atoms with E-state index < -0.39 is 15.7 Å². The molecule has 0 spiro atoms. The Kier molecular flexibility index (Phi) is 4.63. The van der Waals surface area contributed by atoms with Gasteiger partial charge >= 0.3 is 0 Å². The quantitative estimate of drug-likeness (QED) is 0.926. The normalized spacial score (nSPS) is 12.9. The van der Waals surface area contributed by atoms with Gasteiger partial charge in [-0.2, -0.15) is 0 Å². The van der Waals surface area contributed by atoms with Crippen molar-refractivity contribution in [2.75, 3.05) is 6.26 Å². The molecular weight excluding hydrogens is 326 g/mol. The zero-order chi connectivity index (χ0) is 16.5. The molecule has 1 atom stereocenters. The minimum Gasteiger partial charge on any atom is -0.464 e. The van der Waals surface area contributed by atoms with E-state index in [1.165, 1.54) is 18.2 Å². The van der Waals surface area contributed by atoms with Crippen molar-refractivity contribution in [2.24, 2.45) is 0 Å². The van der Waals surface area contributed by atoms with Crippen molar-refractivity contribution in [1.29, 1.82) is 0 Å². The van der Waals surface area contributed by atoms with Gasteiger partial charge in [0.05, 0.1) is 16.0 Å². The number of hydrogen-bond donors (Lipinski definition) is 1. The number of rotatable bonds is 4. The van der Waals surface area contributed by atoms with Gasteiger partial charge < -0.3 is 9.73 Å². The minimum atomic E-state index is -3.50. The van der Waals surface area contributed by atoms with Crippen molar-refractivity contribution in [1.82, 2.24) is 5.32 Å². The van der Waals surface area contributed by atoms with Gasteiger partial charge in [0.15, 0.2) is 9.84 Å². The highest BCUT2D eigenvalue weighted by Crippen LogP contribution is 2.23. The van der Waals surface area contributed by atoms with Crippen molar-refractivity contribution in [3.63, 3.8) is 0 Å². The molecule has 1 heterocycles. The van der Waals surface area contributed by atoms with E-state index in [2.05, 4.69) is 5.32 Å². The van der Waals surface area contributed by atoms with Crippen LogP contribution >= 0.6 is 11.6 Å². The van der Waals surface area contributed by atoms with Crippen LogP contribution in [0.3, 0.4) is 0 Å². The third-order valence-electron chi connectivity index (χ3n) is 3.13. The first-order valence-corrected chi connectivity index (χ1v) is 8.82. The lowest BCUT2D eigenvalue weighted by Gasteiger charge is -2.12. The lowest BCUT2D eigenvalue weighted by atomic mass is 10.2. The number of carbonyl (C=O) groups is 1. The Balaban J connectivity index is 2.23. The Morgan fingerprint density at radius 1 is 1.27 bits per heavy atom. The SMILES string of the molecule is Cc1ccc([C@H](C)NC(=O)c2ccc(Cl)c(S(C)(=O)=O)c2)o1. The first-order valence-electron chi connectivity index (χ1n) is 6.55. The van der Waals surface area contributed by atoms with E-state index in [9.17, 15) is 13.2 Å². The van der Waals surface area contributed by atoms with Crippen LogP contribution in [-0.4, -0.2) is 20.6 Å². The van der Waals surface area contributed by atoms with Crippen LogP contribution in [0, 0.1) is 6.92 Å². The molecule has 0 fully saturated rings. The average molecular weight is 342 g/mol. The molecule has 1 N–H and O–H groups in total. The number of carbonyl (C=O) groups excluding carboxylic acids is 1. The van der Waals surface area contributed by atoms with E-state index in [0.29, 0.717) is 5.76 Å². The standard InChI is InChI=1S/C15H16ClNO4S/c1-9-4-7-13(21-9)10(2)17-15(18)11-5-6-12(16)14(8-11)22(3,19)20/h4-8,10H,1-3H3,(H,17,18)/t10-/m0/s1. The molecule has 0 aliphatic carbocycles. The van der Waals surface area contributed by atoms with E-state index in [-0.39, 0.29) is 21.5 Å². The number of sulfone groups is 1. The summed E-state index contributed by atoms with van der Waals surface area (Å²) in [5.41, 5.74) is 0.222. The van der Waals surface area contributed by atoms with Gasteiger partial charge in [0.2, 0.25) is 0 Å². The molecule has 0 saturated heterocycles. The molecule has 0 radical (unpaired) electrons. The zero-order valence-corrected chi connectivity index (χ0v) is 14.0. The fraction of sp³-hybridized carbons (Fsp3) is 0.267. The second-order valence-electron chi connectivity index (χ2n) is 5.06. The lowest BCUT2D eigenvalue weighted by molar-refractivity contribution is 0.0935. The predicted octanol–water partition coefficient (Wildman–Crippen LogP) is 3.14. The highest BCUT2D eigenvalue weighted by molar-refractivity contribution is 7.90. The monoisotopic (exact) mass is 341 g/mol. The first-order chi connectivity index (χ1) is 10.2. The fourth-order valence-electron chi connectivity index (χ4n) is 1.97. The molecule has 22 heavy (non-hydrogen) atoms. The molecule has 118 valence electrons. The second kappa shape index (κ2) is 6.14. The second-order valence-corrected chi connectivity index (χ2v) is 7.45. The van der Waals surface area contributed by atoms with Gasteiger partial charge in [0.1, 0.15) is 11.5 Å². The number of benzene rings is 1. The number of hydrogen-bond acceptors (Lipinski definition) is 4. The predicted molar refractivity (Wildman–Crippen MR) is 83.9 cm³/mol. The smallest absolute Gasteiger partial charge is 0.251 e. The molecule has 2 rings (SSSR count). The molecule has 7 heteroatoms. The van der Waals surface area contributed by atoms with Crippen LogP contribution in [0.1, 0.15) is 34.8 Å². The lowest BCUT2D eigenvalue weighted by Crippen LogP contribution is -2.26. The van der Waals surface area contributed by atoms with Gasteiger partial charge in [-0.3, -0.25) is 4.79 Å². The van der Waals surface area contributed by atoms with Crippen LogP contribution in [0.2, 0.25) is 5.02 Å². The molecule has 0 bridgehead atoms. The van der Waals surface area contributed by atoms with Gasteiger partial charge in [0.25, 0.3) is 5.91 Å². The van der Waals surface area contributed by atoms with Crippen LogP contribution in [0.5, 0.6) is 0 Å². The van der Waals surface area contributed by atoms with Gasteiger partial charge in [-0.05, 0) is 44.2 Å². The van der Waals surface area contributed by atoms with Crippen molar-refractivity contribution in [2.45, 2.75) is 24.8 Å². The van der Waals surface area contributed by atoms with Crippen molar-refractivity contribution >= 4 is 27.3 Å². The summed E-state index contributed by atoms with van der Waals surface area (Å²) in [6, 6.07) is 7.40. The number of amides is 1. The molecule has 0 aliphatic rings. The Hall–Kier alpha value is -1.79. The summed E-state index contributed by atoms with van der Waals surface area (Å²) in [6.07, 6.45) is 1.05. The third-order valence-corrected chi connectivity index (χ3v) is 4.71. The molecule has 0 unspecified atom stereocenters. The summed E-state index contributed by atoms with van der Waals surface area (Å²) in [4.78, 5) is 12.2. The van der Waals surface area contributed by atoms with Gasteiger partial charge in [-0.1, -0.05) is 11.6 Å². The van der Waals surface area contributed by atoms with E-state index in [1.54, 1.807) is 13.0 Å². The molecule has 0 saturated carbocycles. The number of aryl methyl sites for hydroxylation is 1. The highest BCUT2D eigenvalue weighted by atomic mass is 35.5. The zero-order valence-electron chi connectivity index (χ0n) is 12.4. The van der Waals surface area contributed by atoms with E-state index in [4.69, 9.17) is 16.0 Å². The average Bonchev–Trinajstić information content (AvgIpc) is 2.84. The van der Waals surface area contributed by atoms with Gasteiger partial charge in [0, 0.05) is 11.8 Å². The van der Waals surface area contributed by atoms with Crippen LogP contribution < -0.4 is 5.32 Å². The van der Waals surface area contributed by atoms with Crippen molar-refractivity contribution < 1.29 is 17.6 Å². The maximum absolute atomic E-state index is 12.2. The number of nitrogens with one attached hydrogen (secondary N) is 1. The Labute approximate surface area is 134 Å². The molecule has 2 aromatic rings. The van der Waals surface area contributed by atoms with E-state index >= 15 is 0 Å². The summed E-state index contributed by atoms with van der Waals surface area (Å²) in [5, 5.41) is 2.84. The van der Waals surface area contributed by atoms with Crippen LogP contribution in [0.4, 0.5) is 0 Å². The molecule has 1 amide bonds. The maximum atomic E-state index is 12.2. The van der Waals surface area contributed by atoms with Crippen molar-refractivity contribution in [3.05, 3.63) is 52.4 Å². The number of halogens is 1. The summed E-state index contributed by atoms with van der Waals surface area (Å²) in [6.45, 7) is 3.60. The fourth-order valence-corrected chi connectivity index (χ4v) is 3.27. The third kappa shape index (κ3) is 3.69. The topological polar surface area (TPSA) is 76.4 Å². The summed E-state index contributed by atoms with van der Waals surface area (Å²) in [7, 11) is -3.50. The van der Waals surface area contributed by atoms with Crippen LogP contribution in [0.25, 0.3) is 0 Å². The molecule has 5 nitrogen and oxygen atoms in total. The Morgan fingerprint density at radius 3 is 2.50 bits per heavy atom. The van der Waals surface area contributed by atoms with Gasteiger partial charge in [-0.15, -0.1) is 0 Å². The largest absolute Gasteiger partial charge is 0.464 e. The van der Waals surface area contributed by atoms with Gasteiger partial charge in [-0.25, -0.2) is 8.42 Å². The minimum absolute atomic E-state index is 0.0664. The van der Waals surface area contributed by atoms with E-state index in [1.807, 2.05) is 13.0 Å².